The minimum atomic E-state index is -0.615. The highest BCUT2D eigenvalue weighted by atomic mass is 16.5. The van der Waals surface area contributed by atoms with Crippen LogP contribution in [0, 0.1) is 0 Å². The van der Waals surface area contributed by atoms with E-state index in [0.717, 1.165) is 6.42 Å². The van der Waals surface area contributed by atoms with E-state index in [0.29, 0.717) is 18.4 Å². The largest absolute Gasteiger partial charge is 0.507 e. The Morgan fingerprint density at radius 3 is 2.74 bits per heavy atom. The lowest BCUT2D eigenvalue weighted by atomic mass is 10.2. The topological polar surface area (TPSA) is 68.9 Å². The molecular formula is C18H22O5. The summed E-state index contributed by atoms with van der Waals surface area (Å²) in [5, 5.41) is 10.5. The molecule has 0 saturated carbocycles. The van der Waals surface area contributed by atoms with E-state index < -0.39 is 5.63 Å². The molecule has 23 heavy (non-hydrogen) atoms. The second kappa shape index (κ2) is 7.72. The van der Waals surface area contributed by atoms with Gasteiger partial charge < -0.3 is 19.0 Å². The van der Waals surface area contributed by atoms with E-state index in [4.69, 9.17) is 13.9 Å². The van der Waals surface area contributed by atoms with Gasteiger partial charge in [0.1, 0.15) is 16.7 Å². The molecule has 0 fully saturated rings. The van der Waals surface area contributed by atoms with Gasteiger partial charge in [-0.2, -0.15) is 0 Å². The fourth-order valence-electron chi connectivity index (χ4n) is 2.17. The number of ether oxygens (including phenoxy) is 2. The van der Waals surface area contributed by atoms with Gasteiger partial charge in [-0.3, -0.25) is 0 Å². The normalized spacial score (nSPS) is 11.5. The van der Waals surface area contributed by atoms with Crippen LogP contribution in [0.1, 0.15) is 33.6 Å². The van der Waals surface area contributed by atoms with Gasteiger partial charge in [-0.15, -0.1) is 0 Å². The van der Waals surface area contributed by atoms with Crippen molar-refractivity contribution in [2.24, 2.45) is 0 Å². The van der Waals surface area contributed by atoms with Gasteiger partial charge in [0.05, 0.1) is 12.7 Å². The third-order valence-corrected chi connectivity index (χ3v) is 3.11. The SMILES string of the molecule is CC/C=C/CCOc1c(OC(C)C)c(=O)oc2cccc(O)c12. The van der Waals surface area contributed by atoms with Crippen molar-refractivity contribution in [3.8, 4) is 17.2 Å². The molecule has 2 rings (SSSR count). The molecule has 0 amide bonds. The minimum absolute atomic E-state index is 0.00605. The van der Waals surface area contributed by atoms with Gasteiger partial charge in [-0.1, -0.05) is 25.1 Å². The maximum Gasteiger partial charge on any atom is 0.383 e. The van der Waals surface area contributed by atoms with Crippen LogP contribution in [0.2, 0.25) is 0 Å². The second-order valence-corrected chi connectivity index (χ2v) is 5.38. The number of allylic oxidation sites excluding steroid dienone is 1. The van der Waals surface area contributed by atoms with Crippen LogP contribution in [0.4, 0.5) is 0 Å². The summed E-state index contributed by atoms with van der Waals surface area (Å²) in [5.41, 5.74) is -0.346. The van der Waals surface area contributed by atoms with E-state index in [9.17, 15) is 9.90 Å². The van der Waals surface area contributed by atoms with E-state index in [2.05, 4.69) is 6.92 Å². The standard InChI is InChI=1S/C18H22O5/c1-4-5-6-7-11-21-16-15-13(19)9-8-10-14(15)23-18(20)17(16)22-12(2)3/h5-6,8-10,12,19H,4,7,11H2,1-3H3/b6-5+. The van der Waals surface area contributed by atoms with Crippen molar-refractivity contribution in [2.75, 3.05) is 6.61 Å². The molecule has 0 bridgehead atoms. The van der Waals surface area contributed by atoms with Crippen molar-refractivity contribution >= 4 is 11.0 Å². The van der Waals surface area contributed by atoms with Crippen LogP contribution < -0.4 is 15.1 Å². The fourth-order valence-corrected chi connectivity index (χ4v) is 2.17. The lowest BCUT2D eigenvalue weighted by Gasteiger charge is -2.15. The third-order valence-electron chi connectivity index (χ3n) is 3.11. The predicted molar refractivity (Wildman–Crippen MR) is 89.5 cm³/mol. The zero-order valence-corrected chi connectivity index (χ0v) is 13.7. The molecule has 124 valence electrons. The Kier molecular flexibility index (Phi) is 5.68. The van der Waals surface area contributed by atoms with Gasteiger partial charge in [0.25, 0.3) is 0 Å². The number of aromatic hydroxyl groups is 1. The van der Waals surface area contributed by atoms with Gasteiger partial charge >= 0.3 is 5.63 Å². The first-order valence-electron chi connectivity index (χ1n) is 7.77. The summed E-state index contributed by atoms with van der Waals surface area (Å²) in [4.78, 5) is 12.2. The maximum atomic E-state index is 12.2. The Hall–Kier alpha value is -2.43. The first kappa shape index (κ1) is 16.9. The molecule has 1 heterocycles. The van der Waals surface area contributed by atoms with Crippen LogP contribution in [0.5, 0.6) is 17.2 Å². The number of phenolic OH excluding ortho intramolecular Hbond substituents is 1. The Balaban J connectivity index is 2.47. The van der Waals surface area contributed by atoms with Gasteiger partial charge in [0, 0.05) is 0 Å². The van der Waals surface area contributed by atoms with Crippen LogP contribution >= 0.6 is 0 Å². The van der Waals surface area contributed by atoms with Crippen LogP contribution in [0.15, 0.2) is 39.6 Å². The average molecular weight is 318 g/mol. The first-order valence-corrected chi connectivity index (χ1v) is 7.77. The quantitative estimate of drug-likeness (QED) is 0.474. The summed E-state index contributed by atoms with van der Waals surface area (Å²) in [7, 11) is 0. The zero-order valence-electron chi connectivity index (χ0n) is 13.7. The lowest BCUT2D eigenvalue weighted by molar-refractivity contribution is 0.212. The zero-order chi connectivity index (χ0) is 16.8. The Morgan fingerprint density at radius 2 is 2.04 bits per heavy atom. The summed E-state index contributed by atoms with van der Waals surface area (Å²) < 4.78 is 16.5. The number of phenols is 1. The molecule has 0 aliphatic rings. The van der Waals surface area contributed by atoms with E-state index in [1.807, 2.05) is 26.0 Å². The lowest BCUT2D eigenvalue weighted by Crippen LogP contribution is -2.15. The molecule has 0 radical (unpaired) electrons. The molecule has 1 aromatic heterocycles. The van der Waals surface area contributed by atoms with Gasteiger partial charge in [-0.05, 0) is 38.8 Å². The molecule has 0 aliphatic heterocycles. The molecule has 5 nitrogen and oxygen atoms in total. The Morgan fingerprint density at radius 1 is 1.26 bits per heavy atom. The number of hydrogen-bond acceptors (Lipinski definition) is 5. The highest BCUT2D eigenvalue weighted by Crippen LogP contribution is 2.38. The number of benzene rings is 1. The summed E-state index contributed by atoms with van der Waals surface area (Å²) >= 11 is 0. The number of rotatable bonds is 7. The van der Waals surface area contributed by atoms with Crippen LogP contribution in [0.25, 0.3) is 11.0 Å². The van der Waals surface area contributed by atoms with Crippen molar-refractivity contribution in [2.45, 2.75) is 39.7 Å². The molecular weight excluding hydrogens is 296 g/mol. The van der Waals surface area contributed by atoms with Crippen molar-refractivity contribution in [1.29, 1.82) is 0 Å². The fraction of sp³-hybridized carbons (Fsp3) is 0.389. The maximum absolute atomic E-state index is 12.2. The van der Waals surface area contributed by atoms with Crippen LogP contribution in [-0.2, 0) is 0 Å². The average Bonchev–Trinajstić information content (AvgIpc) is 2.49. The van der Waals surface area contributed by atoms with E-state index in [1.54, 1.807) is 12.1 Å². The number of hydrogen-bond donors (Lipinski definition) is 1. The first-order chi connectivity index (χ1) is 11.0. The van der Waals surface area contributed by atoms with Crippen LogP contribution in [-0.4, -0.2) is 17.8 Å². The van der Waals surface area contributed by atoms with E-state index in [1.165, 1.54) is 6.07 Å². The smallest absolute Gasteiger partial charge is 0.383 e. The Bertz CT molecular complexity index is 743. The summed E-state index contributed by atoms with van der Waals surface area (Å²) in [6, 6.07) is 4.74. The van der Waals surface area contributed by atoms with Crippen molar-refractivity contribution < 1.29 is 19.0 Å². The molecule has 0 atom stereocenters. The van der Waals surface area contributed by atoms with Crippen molar-refractivity contribution in [3.63, 3.8) is 0 Å². The summed E-state index contributed by atoms with van der Waals surface area (Å²) in [6.07, 6.45) is 5.49. The predicted octanol–water partition coefficient (Wildman–Crippen LogP) is 4.02. The molecule has 0 spiro atoms. The van der Waals surface area contributed by atoms with E-state index >= 15 is 0 Å². The highest BCUT2D eigenvalue weighted by molar-refractivity contribution is 5.91. The van der Waals surface area contributed by atoms with E-state index in [-0.39, 0.29) is 28.9 Å². The minimum Gasteiger partial charge on any atom is -0.507 e. The molecule has 0 saturated heterocycles. The molecule has 1 N–H and O–H groups in total. The third kappa shape index (κ3) is 4.06. The molecule has 0 unspecified atom stereocenters. The molecule has 5 heteroatoms. The molecule has 1 aromatic carbocycles. The van der Waals surface area contributed by atoms with Crippen LogP contribution in [0.3, 0.4) is 0 Å². The monoisotopic (exact) mass is 318 g/mol. The van der Waals surface area contributed by atoms with Gasteiger partial charge in [0.2, 0.25) is 5.75 Å². The summed E-state index contributed by atoms with van der Waals surface area (Å²) in [6.45, 7) is 6.04. The van der Waals surface area contributed by atoms with Crippen molar-refractivity contribution in [3.05, 3.63) is 40.8 Å². The second-order valence-electron chi connectivity index (χ2n) is 5.38. The van der Waals surface area contributed by atoms with Crippen molar-refractivity contribution in [1.82, 2.24) is 0 Å². The summed E-state index contributed by atoms with van der Waals surface area (Å²) in [5.74, 6) is 0.209. The number of fused-ring (bicyclic) bond motifs is 1. The highest BCUT2D eigenvalue weighted by Gasteiger charge is 2.21. The molecule has 2 aromatic rings. The Labute approximate surface area is 135 Å². The molecule has 0 aliphatic carbocycles. The van der Waals surface area contributed by atoms with Gasteiger partial charge in [0.15, 0.2) is 5.75 Å². The van der Waals surface area contributed by atoms with Gasteiger partial charge in [-0.25, -0.2) is 4.79 Å².